The Morgan fingerprint density at radius 3 is 2.76 bits per heavy atom. The van der Waals surface area contributed by atoms with Crippen LogP contribution in [-0.2, 0) is 0 Å². The van der Waals surface area contributed by atoms with E-state index in [1.807, 2.05) is 25.7 Å². The maximum atomic E-state index is 12.6. The van der Waals surface area contributed by atoms with Crippen LogP contribution in [-0.4, -0.2) is 39.9 Å². The van der Waals surface area contributed by atoms with Gasteiger partial charge in [-0.05, 0) is 25.8 Å². The van der Waals surface area contributed by atoms with E-state index in [-0.39, 0.29) is 30.3 Å². The molecule has 0 aliphatic carbocycles. The van der Waals surface area contributed by atoms with Gasteiger partial charge in [-0.1, -0.05) is 25.4 Å². The van der Waals surface area contributed by atoms with Gasteiger partial charge in [-0.25, -0.2) is 9.97 Å². The third-order valence-corrected chi connectivity index (χ3v) is 4.01. The lowest BCUT2D eigenvalue weighted by atomic mass is 10.1. The number of halogens is 2. The second-order valence-corrected chi connectivity index (χ2v) is 6.13. The number of rotatable bonds is 3. The molecule has 21 heavy (non-hydrogen) atoms. The van der Waals surface area contributed by atoms with Gasteiger partial charge in [-0.2, -0.15) is 0 Å². The van der Waals surface area contributed by atoms with Gasteiger partial charge in [0.1, 0.15) is 5.82 Å². The Morgan fingerprint density at radius 1 is 1.57 bits per heavy atom. The molecule has 0 saturated carbocycles. The first-order valence-electron chi connectivity index (χ1n) is 6.97. The van der Waals surface area contributed by atoms with Crippen LogP contribution in [0.4, 0.5) is 0 Å². The normalized spacial score (nSPS) is 21.5. The molecule has 2 N–H and O–H groups in total. The number of carbonyl (C=O) groups is 1. The number of aromatic nitrogens is 2. The molecule has 2 unspecified atom stereocenters. The van der Waals surface area contributed by atoms with E-state index in [4.69, 9.17) is 17.3 Å². The fraction of sp³-hybridized carbons (Fsp3) is 0.643. The molecule has 1 aliphatic rings. The Bertz CT molecular complexity index is 510. The number of carbonyl (C=O) groups excluding carboxylic acids is 1. The van der Waals surface area contributed by atoms with Gasteiger partial charge in [0, 0.05) is 18.5 Å². The summed E-state index contributed by atoms with van der Waals surface area (Å²) in [7, 11) is 0. The molecule has 5 nitrogen and oxygen atoms in total. The van der Waals surface area contributed by atoms with Gasteiger partial charge in [0.15, 0.2) is 5.69 Å². The molecule has 1 amide bonds. The van der Waals surface area contributed by atoms with Crippen molar-refractivity contribution in [3.05, 3.63) is 22.7 Å². The van der Waals surface area contributed by atoms with Gasteiger partial charge >= 0.3 is 0 Å². The third-order valence-electron chi connectivity index (χ3n) is 3.74. The average Bonchev–Trinajstić information content (AvgIpc) is 2.79. The molecule has 1 aromatic rings. The summed E-state index contributed by atoms with van der Waals surface area (Å²) < 4.78 is 0. The molecule has 2 heterocycles. The lowest BCUT2D eigenvalue weighted by molar-refractivity contribution is 0.0737. The molecule has 0 bridgehead atoms. The molecular weight excluding hydrogens is 311 g/mol. The molecule has 2 atom stereocenters. The summed E-state index contributed by atoms with van der Waals surface area (Å²) in [6.45, 7) is 7.28. The summed E-state index contributed by atoms with van der Waals surface area (Å²) in [6.07, 6.45) is 2.44. The van der Waals surface area contributed by atoms with Gasteiger partial charge in [0.05, 0.1) is 11.2 Å². The minimum atomic E-state index is -0.122. The molecule has 2 rings (SSSR count). The Morgan fingerprint density at radius 2 is 2.24 bits per heavy atom. The van der Waals surface area contributed by atoms with Crippen molar-refractivity contribution in [1.82, 2.24) is 14.9 Å². The summed E-state index contributed by atoms with van der Waals surface area (Å²) in [5.74, 6) is 1.04. The zero-order valence-corrected chi connectivity index (χ0v) is 14.1. The highest BCUT2D eigenvalue weighted by molar-refractivity contribution is 6.33. The van der Waals surface area contributed by atoms with Crippen LogP contribution in [0.5, 0.6) is 0 Å². The first kappa shape index (κ1) is 18.1. The van der Waals surface area contributed by atoms with E-state index in [1.54, 1.807) is 0 Å². The van der Waals surface area contributed by atoms with Crippen molar-refractivity contribution in [2.45, 2.75) is 39.2 Å². The molecule has 7 heteroatoms. The highest BCUT2D eigenvalue weighted by Gasteiger charge is 2.33. The van der Waals surface area contributed by atoms with Crippen LogP contribution in [0.1, 0.15) is 49.4 Å². The largest absolute Gasteiger partial charge is 0.334 e. The van der Waals surface area contributed by atoms with Crippen LogP contribution >= 0.6 is 24.0 Å². The Labute approximate surface area is 136 Å². The second kappa shape index (κ2) is 7.38. The second-order valence-electron chi connectivity index (χ2n) is 5.72. The SMILES string of the molecule is CC(C)c1ncc(Cl)c(C(=O)N2CC(CN)CC2C)n1.Cl. The third kappa shape index (κ3) is 3.84. The molecule has 0 radical (unpaired) electrons. The lowest BCUT2D eigenvalue weighted by Crippen LogP contribution is -2.35. The van der Waals surface area contributed by atoms with Crippen molar-refractivity contribution in [1.29, 1.82) is 0 Å². The fourth-order valence-electron chi connectivity index (χ4n) is 2.54. The number of nitrogens with zero attached hydrogens (tertiary/aromatic N) is 3. The number of hydrogen-bond acceptors (Lipinski definition) is 4. The van der Waals surface area contributed by atoms with Gasteiger partial charge in [-0.15, -0.1) is 12.4 Å². The standard InChI is InChI=1S/C14H21ClN4O.ClH/c1-8(2)13-17-6-11(15)12(18-13)14(20)19-7-10(5-16)4-9(19)3;/h6,8-10H,4-5,7,16H2,1-3H3;1H. The van der Waals surface area contributed by atoms with E-state index in [0.29, 0.717) is 35.5 Å². The van der Waals surface area contributed by atoms with Crippen molar-refractivity contribution < 1.29 is 4.79 Å². The lowest BCUT2D eigenvalue weighted by Gasteiger charge is -2.21. The van der Waals surface area contributed by atoms with E-state index in [0.717, 1.165) is 6.42 Å². The monoisotopic (exact) mass is 332 g/mol. The minimum absolute atomic E-state index is 0. The molecule has 1 fully saturated rings. The summed E-state index contributed by atoms with van der Waals surface area (Å²) in [6, 6.07) is 0.171. The predicted molar refractivity (Wildman–Crippen MR) is 86.0 cm³/mol. The molecule has 1 saturated heterocycles. The first-order chi connectivity index (χ1) is 9.43. The van der Waals surface area contributed by atoms with Crippen LogP contribution in [0.25, 0.3) is 0 Å². The molecule has 1 aromatic heterocycles. The van der Waals surface area contributed by atoms with Crippen molar-refractivity contribution >= 4 is 29.9 Å². The van der Waals surface area contributed by atoms with Gasteiger partial charge in [0.2, 0.25) is 0 Å². The zero-order valence-electron chi connectivity index (χ0n) is 12.5. The number of nitrogens with two attached hydrogens (primary N) is 1. The smallest absolute Gasteiger partial charge is 0.274 e. The minimum Gasteiger partial charge on any atom is -0.334 e. The maximum Gasteiger partial charge on any atom is 0.274 e. The van der Waals surface area contributed by atoms with Gasteiger partial charge < -0.3 is 10.6 Å². The van der Waals surface area contributed by atoms with Crippen molar-refractivity contribution in [2.24, 2.45) is 11.7 Å². The predicted octanol–water partition coefficient (Wildman–Crippen LogP) is 2.48. The topological polar surface area (TPSA) is 72.1 Å². The van der Waals surface area contributed by atoms with E-state index in [1.165, 1.54) is 6.20 Å². The van der Waals surface area contributed by atoms with Crippen LogP contribution in [0.15, 0.2) is 6.20 Å². The molecular formula is C14H22Cl2N4O. The molecule has 0 aromatic carbocycles. The van der Waals surface area contributed by atoms with Crippen LogP contribution in [0.2, 0.25) is 5.02 Å². The Hall–Kier alpha value is -0.910. The first-order valence-corrected chi connectivity index (χ1v) is 7.35. The summed E-state index contributed by atoms with van der Waals surface area (Å²) in [5, 5.41) is 0.308. The Kier molecular flexibility index (Phi) is 6.38. The van der Waals surface area contributed by atoms with Crippen molar-refractivity contribution in [2.75, 3.05) is 13.1 Å². The van der Waals surface area contributed by atoms with Gasteiger partial charge in [-0.3, -0.25) is 4.79 Å². The van der Waals surface area contributed by atoms with E-state index in [9.17, 15) is 4.79 Å². The zero-order chi connectivity index (χ0) is 14.9. The summed E-state index contributed by atoms with van der Waals surface area (Å²) in [4.78, 5) is 22.9. The highest BCUT2D eigenvalue weighted by Crippen LogP contribution is 2.26. The number of hydrogen-bond donors (Lipinski definition) is 1. The van der Waals surface area contributed by atoms with E-state index >= 15 is 0 Å². The quantitative estimate of drug-likeness (QED) is 0.922. The highest BCUT2D eigenvalue weighted by atomic mass is 35.5. The summed E-state index contributed by atoms with van der Waals surface area (Å²) >= 11 is 6.09. The van der Waals surface area contributed by atoms with Crippen LogP contribution in [0.3, 0.4) is 0 Å². The maximum absolute atomic E-state index is 12.6. The van der Waals surface area contributed by atoms with Crippen molar-refractivity contribution in [3.8, 4) is 0 Å². The molecule has 0 spiro atoms. The van der Waals surface area contributed by atoms with E-state index < -0.39 is 0 Å². The fourth-order valence-corrected chi connectivity index (χ4v) is 2.71. The number of likely N-dealkylation sites (tertiary alicyclic amines) is 1. The van der Waals surface area contributed by atoms with E-state index in [2.05, 4.69) is 9.97 Å². The van der Waals surface area contributed by atoms with Crippen LogP contribution < -0.4 is 5.73 Å². The average molecular weight is 333 g/mol. The summed E-state index contributed by atoms with van der Waals surface area (Å²) in [5.41, 5.74) is 6.00. The van der Waals surface area contributed by atoms with Crippen LogP contribution in [0, 0.1) is 5.92 Å². The molecule has 1 aliphatic heterocycles. The van der Waals surface area contributed by atoms with Gasteiger partial charge in [0.25, 0.3) is 5.91 Å². The molecule has 118 valence electrons. The Balaban J connectivity index is 0.00000220. The van der Waals surface area contributed by atoms with Crippen molar-refractivity contribution in [3.63, 3.8) is 0 Å². The number of amides is 1.